The van der Waals surface area contributed by atoms with E-state index in [0.717, 1.165) is 31.2 Å². The number of aryl methyl sites for hydroxylation is 3. The second-order valence-corrected chi connectivity index (χ2v) is 7.43. The highest BCUT2D eigenvalue weighted by molar-refractivity contribution is 6.30. The summed E-state index contributed by atoms with van der Waals surface area (Å²) >= 11 is 5.77. The van der Waals surface area contributed by atoms with Crippen LogP contribution in [0.25, 0.3) is 0 Å². The van der Waals surface area contributed by atoms with Gasteiger partial charge in [-0.3, -0.25) is 0 Å². The first-order chi connectivity index (χ1) is 14.1. The minimum Gasteiger partial charge on any atom is -0.206 e. The molecular weight excluding hydrogens is 379 g/mol. The van der Waals surface area contributed by atoms with Gasteiger partial charge >= 0.3 is 0 Å². The first-order valence-corrected chi connectivity index (χ1v) is 10.3. The molecule has 0 heterocycles. The summed E-state index contributed by atoms with van der Waals surface area (Å²) in [5.41, 5.74) is 5.22. The Morgan fingerprint density at radius 1 is 0.793 bits per heavy atom. The van der Waals surface area contributed by atoms with Crippen molar-refractivity contribution in [1.82, 2.24) is 0 Å². The molecule has 0 radical (unpaired) electrons. The minimum atomic E-state index is -0.394. The smallest absolute Gasteiger partial charge is 0.140 e. The Balaban J connectivity index is 1.55. The van der Waals surface area contributed by atoms with Crippen LogP contribution in [0.5, 0.6) is 0 Å². The van der Waals surface area contributed by atoms with Crippen molar-refractivity contribution in [2.45, 2.75) is 32.6 Å². The van der Waals surface area contributed by atoms with Crippen molar-refractivity contribution in [1.29, 1.82) is 0 Å². The zero-order valence-corrected chi connectivity index (χ0v) is 17.3. The third-order valence-electron chi connectivity index (χ3n) is 4.79. The highest BCUT2D eigenvalue weighted by Gasteiger charge is 2.00. The molecular formula is C27H24ClF. The van der Waals surface area contributed by atoms with Crippen LogP contribution in [0.4, 0.5) is 4.39 Å². The lowest BCUT2D eigenvalue weighted by molar-refractivity contribution is 0.624. The average molecular weight is 403 g/mol. The number of hydrogen-bond acceptors (Lipinski definition) is 0. The maximum absolute atomic E-state index is 13.8. The van der Waals surface area contributed by atoms with Crippen LogP contribution in [0.15, 0.2) is 78.9 Å². The van der Waals surface area contributed by atoms with Gasteiger partial charge < -0.3 is 0 Å². The van der Waals surface area contributed by atoms with Gasteiger partial charge in [0.2, 0.25) is 0 Å². The van der Waals surface area contributed by atoms with Crippen molar-refractivity contribution in [3.8, 4) is 11.8 Å². The molecule has 0 spiro atoms. The molecule has 0 nitrogen and oxygen atoms in total. The van der Waals surface area contributed by atoms with Gasteiger partial charge in [-0.2, -0.15) is 0 Å². The summed E-state index contributed by atoms with van der Waals surface area (Å²) in [6.45, 7) is 2.06. The minimum absolute atomic E-state index is 0.354. The standard InChI is InChI=1S/C27H24ClF/c1-2-3-4-5-21-6-8-22(9-7-21)10-11-23-12-14-24(15-13-23)16-17-25-18-19-26(28)20-27(25)29/h2-3,6-9,12-15,18-20H,4-5,10-11H2,1H3/b3-2+. The predicted octanol–water partition coefficient (Wildman–Crippen LogP) is 7.17. The van der Waals surface area contributed by atoms with Gasteiger partial charge in [-0.1, -0.05) is 72.0 Å². The summed E-state index contributed by atoms with van der Waals surface area (Å²) in [5.74, 6) is 5.49. The van der Waals surface area contributed by atoms with Crippen LogP contribution in [0, 0.1) is 17.7 Å². The van der Waals surface area contributed by atoms with Crippen LogP contribution >= 0.6 is 11.6 Å². The molecule has 0 saturated heterocycles. The van der Waals surface area contributed by atoms with Crippen LogP contribution in [0.3, 0.4) is 0 Å². The van der Waals surface area contributed by atoms with Gasteiger partial charge in [0.25, 0.3) is 0 Å². The molecule has 0 atom stereocenters. The number of hydrogen-bond donors (Lipinski definition) is 0. The summed E-state index contributed by atoms with van der Waals surface area (Å²) in [5, 5.41) is 0.376. The number of benzene rings is 3. The fraction of sp³-hybridized carbons (Fsp3) is 0.185. The van der Waals surface area contributed by atoms with E-state index in [1.54, 1.807) is 12.1 Å². The van der Waals surface area contributed by atoms with Crippen LogP contribution < -0.4 is 0 Å². The quantitative estimate of drug-likeness (QED) is 0.302. The summed E-state index contributed by atoms with van der Waals surface area (Å²) < 4.78 is 13.8. The van der Waals surface area contributed by atoms with Crippen molar-refractivity contribution < 1.29 is 4.39 Å². The zero-order chi connectivity index (χ0) is 20.5. The molecule has 0 N–H and O–H groups in total. The Morgan fingerprint density at radius 3 is 1.97 bits per heavy atom. The molecule has 146 valence electrons. The normalized spacial score (nSPS) is 10.7. The molecule has 3 aromatic rings. The van der Waals surface area contributed by atoms with Gasteiger partial charge in [-0.05, 0) is 79.6 Å². The van der Waals surface area contributed by atoms with E-state index in [0.29, 0.717) is 10.6 Å². The fourth-order valence-electron chi connectivity index (χ4n) is 3.06. The molecule has 0 aliphatic carbocycles. The molecule has 0 fully saturated rings. The highest BCUT2D eigenvalue weighted by atomic mass is 35.5. The van der Waals surface area contributed by atoms with Crippen LogP contribution in [-0.2, 0) is 19.3 Å². The van der Waals surface area contributed by atoms with Gasteiger partial charge in [-0.15, -0.1) is 0 Å². The number of allylic oxidation sites excluding steroid dienone is 2. The van der Waals surface area contributed by atoms with Crippen molar-refractivity contribution in [3.63, 3.8) is 0 Å². The summed E-state index contributed by atoms with van der Waals surface area (Å²) in [7, 11) is 0. The van der Waals surface area contributed by atoms with Crippen LogP contribution in [0.2, 0.25) is 5.02 Å². The third kappa shape index (κ3) is 6.63. The summed E-state index contributed by atoms with van der Waals surface area (Å²) in [6, 6.07) is 21.6. The number of rotatable bonds is 6. The Morgan fingerprint density at radius 2 is 1.38 bits per heavy atom. The van der Waals surface area contributed by atoms with Crippen molar-refractivity contribution >= 4 is 11.6 Å². The first-order valence-electron chi connectivity index (χ1n) is 9.89. The van der Waals surface area contributed by atoms with Crippen molar-refractivity contribution in [3.05, 3.63) is 118 Å². The molecule has 0 bridgehead atoms. The molecule has 2 heteroatoms. The van der Waals surface area contributed by atoms with Gasteiger partial charge in [-0.25, -0.2) is 4.39 Å². The van der Waals surface area contributed by atoms with Gasteiger partial charge in [0.05, 0.1) is 5.56 Å². The Bertz CT molecular complexity index is 1020. The fourth-order valence-corrected chi connectivity index (χ4v) is 3.22. The van der Waals surface area contributed by atoms with E-state index in [9.17, 15) is 4.39 Å². The predicted molar refractivity (Wildman–Crippen MR) is 121 cm³/mol. The van der Waals surface area contributed by atoms with E-state index in [2.05, 4.69) is 67.3 Å². The lowest BCUT2D eigenvalue weighted by atomic mass is 10.0. The molecule has 29 heavy (non-hydrogen) atoms. The maximum Gasteiger partial charge on any atom is 0.140 e. The summed E-state index contributed by atoms with van der Waals surface area (Å²) in [4.78, 5) is 0. The maximum atomic E-state index is 13.8. The van der Waals surface area contributed by atoms with E-state index in [-0.39, 0.29) is 0 Å². The average Bonchev–Trinajstić information content (AvgIpc) is 2.73. The molecule has 0 aliphatic heterocycles. The largest absolute Gasteiger partial charge is 0.206 e. The highest BCUT2D eigenvalue weighted by Crippen LogP contribution is 2.14. The molecule has 3 rings (SSSR count). The van der Waals surface area contributed by atoms with Crippen molar-refractivity contribution in [2.75, 3.05) is 0 Å². The molecule has 0 aliphatic rings. The molecule has 0 unspecified atom stereocenters. The van der Waals surface area contributed by atoms with Crippen molar-refractivity contribution in [2.24, 2.45) is 0 Å². The lowest BCUT2D eigenvalue weighted by Gasteiger charge is -2.04. The topological polar surface area (TPSA) is 0 Å². The molecule has 0 aromatic heterocycles. The van der Waals surface area contributed by atoms with E-state index in [4.69, 9.17) is 11.6 Å². The Labute approximate surface area is 178 Å². The molecule has 0 amide bonds. The van der Waals surface area contributed by atoms with Gasteiger partial charge in [0.15, 0.2) is 0 Å². The monoisotopic (exact) mass is 402 g/mol. The first kappa shape index (κ1) is 20.9. The SMILES string of the molecule is C/C=C/CCc1ccc(CCc2ccc(C#Cc3ccc(Cl)cc3F)cc2)cc1. The van der Waals surface area contributed by atoms with E-state index < -0.39 is 5.82 Å². The second kappa shape index (κ2) is 10.6. The third-order valence-corrected chi connectivity index (χ3v) is 5.02. The van der Waals surface area contributed by atoms with Gasteiger partial charge in [0.1, 0.15) is 5.82 Å². The Hall–Kier alpha value is -2.82. The molecule has 3 aromatic carbocycles. The molecule has 0 saturated carbocycles. The summed E-state index contributed by atoms with van der Waals surface area (Å²) in [6.07, 6.45) is 8.48. The number of halogens is 2. The lowest BCUT2D eigenvalue weighted by Crippen LogP contribution is -1.92. The van der Waals surface area contributed by atoms with Gasteiger partial charge in [0, 0.05) is 10.6 Å². The second-order valence-electron chi connectivity index (χ2n) is 7.00. The van der Waals surface area contributed by atoms with E-state index >= 15 is 0 Å². The van der Waals surface area contributed by atoms with Crippen LogP contribution in [0.1, 0.15) is 41.2 Å². The van der Waals surface area contributed by atoms with E-state index in [1.165, 1.54) is 22.8 Å². The van der Waals surface area contributed by atoms with E-state index in [1.807, 2.05) is 12.1 Å². The van der Waals surface area contributed by atoms with Crippen LogP contribution in [-0.4, -0.2) is 0 Å². The Kier molecular flexibility index (Phi) is 7.68. The zero-order valence-electron chi connectivity index (χ0n) is 16.6.